The molecule has 2 aromatic carbocycles. The highest BCUT2D eigenvalue weighted by atomic mass is 32.1. The molecule has 0 saturated carbocycles. The number of carbonyl (C=O) groups is 3. The fourth-order valence-electron chi connectivity index (χ4n) is 3.04. The van der Waals surface area contributed by atoms with Crippen LogP contribution in [0.1, 0.15) is 39.4 Å². The number of nitrogen functional groups attached to an aromatic ring is 1. The lowest BCUT2D eigenvalue weighted by Gasteiger charge is -2.22. The number of hydrogen-bond donors (Lipinski definition) is 4. The molecule has 3 rings (SSSR count). The van der Waals surface area contributed by atoms with E-state index in [0.29, 0.717) is 16.1 Å². The number of carbonyl (C=O) groups excluding carboxylic acids is 3. The van der Waals surface area contributed by atoms with Gasteiger partial charge in [-0.3, -0.25) is 25.2 Å². The summed E-state index contributed by atoms with van der Waals surface area (Å²) in [6.45, 7) is 5.55. The maximum atomic E-state index is 12.7. The maximum Gasteiger partial charge on any atom is 0.281 e. The minimum atomic E-state index is -0.829. The van der Waals surface area contributed by atoms with Crippen LogP contribution in [0.2, 0.25) is 0 Å². The molecule has 5 N–H and O–H groups in total. The molecule has 0 aliphatic rings. The van der Waals surface area contributed by atoms with Crippen molar-refractivity contribution in [2.75, 3.05) is 5.73 Å². The highest BCUT2D eigenvalue weighted by Crippen LogP contribution is 2.32. The average Bonchev–Trinajstić information content (AvgIpc) is 3.18. The molecule has 7 nitrogen and oxygen atoms in total. The number of hydrogen-bond acceptors (Lipinski definition) is 5. The minimum Gasteiger partial charge on any atom is -0.397 e. The number of nitrogens with two attached hydrogens (primary N) is 1. The second kappa shape index (κ2) is 10.1. The lowest BCUT2D eigenvalue weighted by Crippen LogP contribution is -2.54. The summed E-state index contributed by atoms with van der Waals surface area (Å²) in [5.74, 6) is -1.60. The summed E-state index contributed by atoms with van der Waals surface area (Å²) >= 11 is 1.24. The Labute approximate surface area is 191 Å². The van der Waals surface area contributed by atoms with Gasteiger partial charge in [0.05, 0.1) is 5.69 Å². The SMILES string of the molecule is Cc1ccc(C(=O)N[C@H](C(=O)NNC(=O)c2sc(-c3ccccc3)cc2N)C(C)C)cc1. The molecular formula is C24H26N4O3S. The van der Waals surface area contributed by atoms with E-state index < -0.39 is 17.9 Å². The second-order valence-corrected chi connectivity index (χ2v) is 8.82. The molecular weight excluding hydrogens is 424 g/mol. The Balaban J connectivity index is 1.64. The number of hydrazine groups is 1. The Morgan fingerprint density at radius 2 is 1.56 bits per heavy atom. The molecule has 0 saturated heterocycles. The van der Waals surface area contributed by atoms with E-state index in [1.165, 1.54) is 11.3 Å². The maximum absolute atomic E-state index is 12.7. The van der Waals surface area contributed by atoms with E-state index in [9.17, 15) is 14.4 Å². The molecule has 3 aromatic rings. The van der Waals surface area contributed by atoms with Gasteiger partial charge in [0.1, 0.15) is 10.9 Å². The van der Waals surface area contributed by atoms with Gasteiger partial charge < -0.3 is 11.1 Å². The molecule has 3 amide bonds. The highest BCUT2D eigenvalue weighted by molar-refractivity contribution is 7.18. The van der Waals surface area contributed by atoms with E-state index in [1.54, 1.807) is 18.2 Å². The number of thiophene rings is 1. The smallest absolute Gasteiger partial charge is 0.281 e. The van der Waals surface area contributed by atoms with Crippen molar-refractivity contribution < 1.29 is 14.4 Å². The molecule has 0 fully saturated rings. The molecule has 0 bridgehead atoms. The van der Waals surface area contributed by atoms with Crippen LogP contribution in [0.15, 0.2) is 60.7 Å². The fraction of sp³-hybridized carbons (Fsp3) is 0.208. The van der Waals surface area contributed by atoms with Gasteiger partial charge in [-0.25, -0.2) is 0 Å². The quantitative estimate of drug-likeness (QED) is 0.430. The highest BCUT2D eigenvalue weighted by Gasteiger charge is 2.25. The van der Waals surface area contributed by atoms with Crippen molar-refractivity contribution >= 4 is 34.7 Å². The lowest BCUT2D eigenvalue weighted by molar-refractivity contribution is -0.124. The van der Waals surface area contributed by atoms with Crippen molar-refractivity contribution in [3.8, 4) is 10.4 Å². The third kappa shape index (κ3) is 5.53. The summed E-state index contributed by atoms with van der Waals surface area (Å²) in [4.78, 5) is 39.0. The Kier molecular flexibility index (Phi) is 7.27. The number of nitrogens with one attached hydrogen (secondary N) is 3. The van der Waals surface area contributed by atoms with Gasteiger partial charge in [0, 0.05) is 10.4 Å². The van der Waals surface area contributed by atoms with Crippen LogP contribution in [0, 0.1) is 12.8 Å². The van der Waals surface area contributed by atoms with Crippen LogP contribution in [0.4, 0.5) is 5.69 Å². The summed E-state index contributed by atoms with van der Waals surface area (Å²) in [6.07, 6.45) is 0. The van der Waals surface area contributed by atoms with E-state index in [-0.39, 0.29) is 11.8 Å². The zero-order chi connectivity index (χ0) is 23.3. The van der Waals surface area contributed by atoms with E-state index in [2.05, 4.69) is 16.2 Å². The van der Waals surface area contributed by atoms with Gasteiger partial charge in [-0.05, 0) is 36.6 Å². The van der Waals surface area contributed by atoms with Crippen LogP contribution in [-0.4, -0.2) is 23.8 Å². The third-order valence-electron chi connectivity index (χ3n) is 4.87. The first kappa shape index (κ1) is 23.0. The molecule has 1 atom stereocenters. The molecule has 0 radical (unpaired) electrons. The van der Waals surface area contributed by atoms with Crippen LogP contribution in [0.3, 0.4) is 0 Å². The van der Waals surface area contributed by atoms with Crippen LogP contribution >= 0.6 is 11.3 Å². The standard InChI is InChI=1S/C24H26N4O3S/c1-14(2)20(26-22(29)17-11-9-15(3)10-12-17)23(30)27-28-24(31)21-18(25)13-19(32-21)16-7-5-4-6-8-16/h4-14,20H,25H2,1-3H3,(H,26,29)(H,27,30)(H,28,31)/t20-/m0/s1. The monoisotopic (exact) mass is 450 g/mol. The molecule has 0 unspecified atom stereocenters. The van der Waals surface area contributed by atoms with Gasteiger partial charge in [-0.1, -0.05) is 61.9 Å². The van der Waals surface area contributed by atoms with E-state index in [0.717, 1.165) is 16.0 Å². The summed E-state index contributed by atoms with van der Waals surface area (Å²) < 4.78 is 0. The zero-order valence-electron chi connectivity index (χ0n) is 18.1. The van der Waals surface area contributed by atoms with Gasteiger partial charge in [0.2, 0.25) is 0 Å². The van der Waals surface area contributed by atoms with Gasteiger partial charge in [0.25, 0.3) is 17.7 Å². The summed E-state index contributed by atoms with van der Waals surface area (Å²) in [6, 6.07) is 17.5. The molecule has 0 aliphatic carbocycles. The third-order valence-corrected chi connectivity index (χ3v) is 6.07. The van der Waals surface area contributed by atoms with Crippen LogP contribution in [0.5, 0.6) is 0 Å². The van der Waals surface area contributed by atoms with E-state index in [4.69, 9.17) is 5.73 Å². The normalized spacial score (nSPS) is 11.6. The van der Waals surface area contributed by atoms with Crippen molar-refractivity contribution in [1.82, 2.24) is 16.2 Å². The van der Waals surface area contributed by atoms with Crippen molar-refractivity contribution in [3.63, 3.8) is 0 Å². The second-order valence-electron chi connectivity index (χ2n) is 7.77. The van der Waals surface area contributed by atoms with E-state index in [1.807, 2.05) is 63.2 Å². The Hall–Kier alpha value is -3.65. The van der Waals surface area contributed by atoms with Crippen molar-refractivity contribution in [2.45, 2.75) is 26.8 Å². The van der Waals surface area contributed by atoms with E-state index >= 15 is 0 Å². The Morgan fingerprint density at radius 3 is 2.19 bits per heavy atom. The molecule has 166 valence electrons. The molecule has 32 heavy (non-hydrogen) atoms. The molecule has 1 aromatic heterocycles. The molecule has 8 heteroatoms. The molecule has 0 aliphatic heterocycles. The summed E-state index contributed by atoms with van der Waals surface area (Å²) in [5.41, 5.74) is 13.6. The summed E-state index contributed by atoms with van der Waals surface area (Å²) in [5, 5.41) is 2.73. The van der Waals surface area contributed by atoms with Crippen molar-refractivity contribution in [2.24, 2.45) is 5.92 Å². The first-order valence-corrected chi connectivity index (χ1v) is 11.0. The average molecular weight is 451 g/mol. The van der Waals surface area contributed by atoms with Gasteiger partial charge in [0.15, 0.2) is 0 Å². The molecule has 1 heterocycles. The topological polar surface area (TPSA) is 113 Å². The number of rotatable bonds is 6. The van der Waals surface area contributed by atoms with Crippen LogP contribution < -0.4 is 21.9 Å². The van der Waals surface area contributed by atoms with Crippen LogP contribution in [-0.2, 0) is 4.79 Å². The first-order chi connectivity index (χ1) is 15.3. The van der Waals surface area contributed by atoms with Crippen molar-refractivity contribution in [1.29, 1.82) is 0 Å². The largest absolute Gasteiger partial charge is 0.397 e. The first-order valence-electron chi connectivity index (χ1n) is 10.2. The summed E-state index contributed by atoms with van der Waals surface area (Å²) in [7, 11) is 0. The van der Waals surface area contributed by atoms with Gasteiger partial charge in [-0.2, -0.15) is 0 Å². The number of aryl methyl sites for hydroxylation is 1. The lowest BCUT2D eigenvalue weighted by atomic mass is 10.0. The van der Waals surface area contributed by atoms with Crippen LogP contribution in [0.25, 0.3) is 10.4 Å². The fourth-order valence-corrected chi connectivity index (χ4v) is 4.02. The Morgan fingerprint density at radius 1 is 0.906 bits per heavy atom. The number of benzene rings is 2. The van der Waals surface area contributed by atoms with Gasteiger partial charge >= 0.3 is 0 Å². The molecule has 0 spiro atoms. The predicted octanol–water partition coefficient (Wildman–Crippen LogP) is 3.52. The van der Waals surface area contributed by atoms with Crippen molar-refractivity contribution in [3.05, 3.63) is 76.7 Å². The minimum absolute atomic E-state index is 0.196. The zero-order valence-corrected chi connectivity index (χ0v) is 19.0. The van der Waals surface area contributed by atoms with Gasteiger partial charge in [-0.15, -0.1) is 11.3 Å². The predicted molar refractivity (Wildman–Crippen MR) is 127 cm³/mol. The number of anilines is 1. The Bertz CT molecular complexity index is 1110. The number of amides is 3.